The van der Waals surface area contributed by atoms with Gasteiger partial charge in [0.2, 0.25) is 0 Å². The number of anilines is 1. The van der Waals surface area contributed by atoms with Crippen molar-refractivity contribution in [2.24, 2.45) is 0 Å². The van der Waals surface area contributed by atoms with E-state index in [-0.39, 0.29) is 12.4 Å². The molecule has 1 aliphatic heterocycles. The molecule has 4 nitrogen and oxygen atoms in total. The Morgan fingerprint density at radius 3 is 2.62 bits per heavy atom. The highest BCUT2D eigenvalue weighted by Crippen LogP contribution is 2.43. The Hall–Kier alpha value is -2.99. The molecule has 4 aromatic rings. The van der Waals surface area contributed by atoms with Crippen LogP contribution in [0.1, 0.15) is 5.56 Å². The number of pyridine rings is 1. The molecule has 0 saturated heterocycles. The summed E-state index contributed by atoms with van der Waals surface area (Å²) in [7, 11) is -3.66. The topological polar surface area (TPSA) is 50.3 Å². The second-order valence-corrected chi connectivity index (χ2v) is 8.08. The summed E-state index contributed by atoms with van der Waals surface area (Å²) in [6.07, 6.45) is 1.58. The lowest BCUT2D eigenvalue weighted by Crippen LogP contribution is -2.26. The van der Waals surface area contributed by atoms with E-state index < -0.39 is 10.0 Å². The number of rotatable bonds is 2. The molecule has 1 aromatic heterocycles. The van der Waals surface area contributed by atoms with Crippen LogP contribution in [0.5, 0.6) is 0 Å². The van der Waals surface area contributed by atoms with Gasteiger partial charge < -0.3 is 0 Å². The highest BCUT2D eigenvalue weighted by Gasteiger charge is 2.35. The van der Waals surface area contributed by atoms with Crippen LogP contribution in [0.3, 0.4) is 0 Å². The van der Waals surface area contributed by atoms with Crippen LogP contribution in [0.15, 0.2) is 71.8 Å². The van der Waals surface area contributed by atoms with Crippen molar-refractivity contribution in [1.29, 1.82) is 0 Å². The summed E-state index contributed by atoms with van der Waals surface area (Å²) in [6.45, 7) is 0.101. The molecule has 5 rings (SSSR count). The van der Waals surface area contributed by atoms with Crippen molar-refractivity contribution < 1.29 is 12.8 Å². The van der Waals surface area contributed by atoms with Crippen molar-refractivity contribution in [3.63, 3.8) is 0 Å². The first-order chi connectivity index (χ1) is 12.6. The molecule has 0 saturated carbocycles. The van der Waals surface area contributed by atoms with Gasteiger partial charge in [0.25, 0.3) is 10.0 Å². The molecule has 1 aliphatic rings. The first kappa shape index (κ1) is 15.3. The van der Waals surface area contributed by atoms with Crippen molar-refractivity contribution in [1.82, 2.24) is 4.98 Å². The quantitative estimate of drug-likeness (QED) is 0.535. The second-order valence-electron chi connectivity index (χ2n) is 6.25. The van der Waals surface area contributed by atoms with E-state index in [9.17, 15) is 12.8 Å². The highest BCUT2D eigenvalue weighted by atomic mass is 32.2. The van der Waals surface area contributed by atoms with Gasteiger partial charge >= 0.3 is 0 Å². The standard InChI is InChI=1S/C20H13FN2O2S/c21-16-10-9-14(20-15(16)6-3-11-22-20)12-23-17-7-1-4-13-5-2-8-18(19(13)17)26(23,24)25/h1-11H,12H2. The summed E-state index contributed by atoms with van der Waals surface area (Å²) in [5.41, 5.74) is 1.78. The van der Waals surface area contributed by atoms with Gasteiger partial charge in [-0.05, 0) is 41.3 Å². The van der Waals surface area contributed by atoms with Crippen molar-refractivity contribution in [2.45, 2.75) is 11.4 Å². The van der Waals surface area contributed by atoms with Crippen LogP contribution in [-0.2, 0) is 16.6 Å². The third-order valence-corrected chi connectivity index (χ3v) is 6.60. The molecule has 0 unspecified atom stereocenters. The number of halogens is 1. The summed E-state index contributed by atoms with van der Waals surface area (Å²) >= 11 is 0. The van der Waals surface area contributed by atoms with Crippen LogP contribution >= 0.6 is 0 Å². The zero-order valence-electron chi connectivity index (χ0n) is 13.6. The molecule has 0 atom stereocenters. The summed E-state index contributed by atoms with van der Waals surface area (Å²) in [5, 5.41) is 2.00. The average molecular weight is 364 g/mol. The van der Waals surface area contributed by atoms with Crippen LogP contribution in [0.25, 0.3) is 21.7 Å². The Bertz CT molecular complexity index is 1300. The van der Waals surface area contributed by atoms with E-state index in [1.54, 1.807) is 42.6 Å². The summed E-state index contributed by atoms with van der Waals surface area (Å²) in [4.78, 5) is 4.58. The van der Waals surface area contributed by atoms with E-state index in [0.717, 1.165) is 10.8 Å². The van der Waals surface area contributed by atoms with E-state index in [1.165, 1.54) is 10.4 Å². The van der Waals surface area contributed by atoms with Crippen molar-refractivity contribution in [2.75, 3.05) is 4.31 Å². The molecule has 0 bridgehead atoms. The monoisotopic (exact) mass is 364 g/mol. The number of hydrogen-bond acceptors (Lipinski definition) is 3. The number of benzene rings is 3. The molecule has 0 fully saturated rings. The van der Waals surface area contributed by atoms with Crippen LogP contribution in [-0.4, -0.2) is 13.4 Å². The van der Waals surface area contributed by atoms with E-state index in [2.05, 4.69) is 4.98 Å². The zero-order valence-corrected chi connectivity index (χ0v) is 14.4. The molecule has 0 spiro atoms. The first-order valence-corrected chi connectivity index (χ1v) is 9.58. The first-order valence-electron chi connectivity index (χ1n) is 8.14. The van der Waals surface area contributed by atoms with Gasteiger partial charge in [-0.2, -0.15) is 0 Å². The lowest BCUT2D eigenvalue weighted by molar-refractivity contribution is 0.593. The Balaban J connectivity index is 1.72. The lowest BCUT2D eigenvalue weighted by Gasteiger charge is -2.19. The fourth-order valence-electron chi connectivity index (χ4n) is 3.61. The van der Waals surface area contributed by atoms with Crippen molar-refractivity contribution in [3.05, 3.63) is 78.2 Å². The van der Waals surface area contributed by atoms with E-state index in [1.807, 2.05) is 18.2 Å². The molecule has 0 amide bonds. The summed E-state index contributed by atoms with van der Waals surface area (Å²) in [6, 6.07) is 17.1. The fraction of sp³-hybridized carbons (Fsp3) is 0.0500. The molecule has 3 aromatic carbocycles. The molecule has 26 heavy (non-hydrogen) atoms. The third kappa shape index (κ3) is 1.99. The summed E-state index contributed by atoms with van der Waals surface area (Å²) in [5.74, 6) is -0.369. The van der Waals surface area contributed by atoms with Gasteiger partial charge in [0.15, 0.2) is 0 Å². The number of hydrogen-bond donors (Lipinski definition) is 0. The number of nitrogens with zero attached hydrogens (tertiary/aromatic N) is 2. The van der Waals surface area contributed by atoms with Crippen LogP contribution < -0.4 is 4.31 Å². The van der Waals surface area contributed by atoms with Crippen molar-refractivity contribution in [3.8, 4) is 0 Å². The summed E-state index contributed by atoms with van der Waals surface area (Å²) < 4.78 is 41.6. The number of aromatic nitrogens is 1. The minimum atomic E-state index is -3.66. The minimum Gasteiger partial charge on any atom is -0.261 e. The number of fused-ring (bicyclic) bond motifs is 1. The molecule has 2 heterocycles. The van der Waals surface area contributed by atoms with E-state index in [4.69, 9.17) is 0 Å². The maximum absolute atomic E-state index is 14.1. The normalized spacial score (nSPS) is 15.0. The maximum atomic E-state index is 14.1. The molecular weight excluding hydrogens is 351 g/mol. The maximum Gasteiger partial charge on any atom is 0.265 e. The van der Waals surface area contributed by atoms with Gasteiger partial charge in [-0.1, -0.05) is 30.3 Å². The molecule has 128 valence electrons. The molecule has 0 radical (unpaired) electrons. The Kier molecular flexibility index (Phi) is 3.09. The average Bonchev–Trinajstić information content (AvgIpc) is 2.87. The van der Waals surface area contributed by atoms with Gasteiger partial charge in [0.05, 0.1) is 22.6 Å². The van der Waals surface area contributed by atoms with E-state index in [0.29, 0.717) is 27.0 Å². The van der Waals surface area contributed by atoms with Gasteiger partial charge in [-0.3, -0.25) is 9.29 Å². The van der Waals surface area contributed by atoms with Gasteiger partial charge in [0, 0.05) is 17.0 Å². The smallest absolute Gasteiger partial charge is 0.261 e. The molecule has 6 heteroatoms. The van der Waals surface area contributed by atoms with Gasteiger partial charge in [-0.15, -0.1) is 0 Å². The Morgan fingerprint density at radius 2 is 1.77 bits per heavy atom. The van der Waals surface area contributed by atoms with Crippen LogP contribution in [0.2, 0.25) is 0 Å². The Labute approximate surface area is 149 Å². The van der Waals surface area contributed by atoms with Gasteiger partial charge in [-0.25, -0.2) is 12.8 Å². The van der Waals surface area contributed by atoms with E-state index >= 15 is 0 Å². The Morgan fingerprint density at radius 1 is 0.962 bits per heavy atom. The van der Waals surface area contributed by atoms with Gasteiger partial charge in [0.1, 0.15) is 5.82 Å². The third-order valence-electron chi connectivity index (χ3n) is 4.80. The lowest BCUT2D eigenvalue weighted by atomic mass is 10.1. The highest BCUT2D eigenvalue weighted by molar-refractivity contribution is 7.93. The SMILES string of the molecule is O=S1(=O)c2cccc3cccc(c23)N1Cc1ccc(F)c2cccnc12. The second kappa shape index (κ2) is 5.25. The fourth-order valence-corrected chi connectivity index (χ4v) is 5.30. The predicted molar refractivity (Wildman–Crippen MR) is 99.0 cm³/mol. The van der Waals surface area contributed by atoms with Crippen LogP contribution in [0.4, 0.5) is 10.1 Å². The van der Waals surface area contributed by atoms with Crippen LogP contribution in [0, 0.1) is 5.82 Å². The minimum absolute atomic E-state index is 0.101. The molecule has 0 aliphatic carbocycles. The molecule has 0 N–H and O–H groups in total. The predicted octanol–water partition coefficient (Wildman–Crippen LogP) is 4.24. The number of sulfonamides is 1. The largest absolute Gasteiger partial charge is 0.265 e. The van der Waals surface area contributed by atoms with Crippen molar-refractivity contribution >= 4 is 37.4 Å². The zero-order chi connectivity index (χ0) is 17.9. The molecular formula is C20H13FN2O2S.